The van der Waals surface area contributed by atoms with Crippen LogP contribution >= 0.6 is 22.9 Å². The number of alkyl halides is 3. The van der Waals surface area contributed by atoms with Gasteiger partial charge in [-0.1, -0.05) is 29.8 Å². The molecule has 18 heavy (non-hydrogen) atoms. The zero-order valence-corrected chi connectivity index (χ0v) is 10.5. The van der Waals surface area contributed by atoms with E-state index in [1.165, 1.54) is 0 Å². The van der Waals surface area contributed by atoms with Crippen molar-refractivity contribution in [1.29, 1.82) is 0 Å². The predicted molar refractivity (Wildman–Crippen MR) is 65.5 cm³/mol. The number of benzene rings is 1. The fraction of sp³-hybridized carbons (Fsp3) is 0.182. The van der Waals surface area contributed by atoms with E-state index in [9.17, 15) is 13.2 Å². The van der Waals surface area contributed by atoms with E-state index in [0.29, 0.717) is 10.6 Å². The predicted octanol–water partition coefficient (Wildman–Crippen LogP) is 3.94. The molecular formula is C11H8ClF3N2S. The maximum atomic E-state index is 12.7. The van der Waals surface area contributed by atoms with Gasteiger partial charge in [-0.15, -0.1) is 11.3 Å². The summed E-state index contributed by atoms with van der Waals surface area (Å²) >= 11 is 6.85. The second-order valence-corrected chi connectivity index (χ2v) is 4.96. The summed E-state index contributed by atoms with van der Waals surface area (Å²) in [5, 5.41) is 0.594. The Balaban J connectivity index is 2.55. The first-order valence-corrected chi connectivity index (χ1v) is 6.15. The van der Waals surface area contributed by atoms with Gasteiger partial charge in [0.2, 0.25) is 0 Å². The maximum absolute atomic E-state index is 12.7. The second-order valence-electron chi connectivity index (χ2n) is 3.47. The van der Waals surface area contributed by atoms with E-state index in [-0.39, 0.29) is 16.4 Å². The Hall–Kier alpha value is -1.11. The summed E-state index contributed by atoms with van der Waals surface area (Å²) in [4.78, 5) is 3.62. The minimum atomic E-state index is -4.50. The van der Waals surface area contributed by atoms with Gasteiger partial charge >= 0.3 is 6.18 Å². The largest absolute Gasteiger partial charge is 0.434 e. The normalized spacial score (nSPS) is 11.8. The third-order valence-corrected chi connectivity index (χ3v) is 3.70. The quantitative estimate of drug-likeness (QED) is 0.910. The van der Waals surface area contributed by atoms with Gasteiger partial charge in [0, 0.05) is 12.1 Å². The van der Waals surface area contributed by atoms with Crippen molar-refractivity contribution in [2.45, 2.75) is 12.7 Å². The molecule has 0 saturated heterocycles. The number of nitrogens with zero attached hydrogens (tertiary/aromatic N) is 1. The highest BCUT2D eigenvalue weighted by molar-refractivity contribution is 7.15. The van der Waals surface area contributed by atoms with Crippen LogP contribution in [-0.4, -0.2) is 4.98 Å². The highest BCUT2D eigenvalue weighted by atomic mass is 35.5. The third-order valence-electron chi connectivity index (χ3n) is 2.26. The average Bonchev–Trinajstić information content (AvgIpc) is 2.73. The van der Waals surface area contributed by atoms with Crippen LogP contribution in [0.2, 0.25) is 5.02 Å². The fourth-order valence-electron chi connectivity index (χ4n) is 1.46. The van der Waals surface area contributed by atoms with E-state index in [1.54, 1.807) is 24.3 Å². The monoisotopic (exact) mass is 292 g/mol. The lowest BCUT2D eigenvalue weighted by atomic mass is 10.2. The Kier molecular flexibility index (Phi) is 3.61. The van der Waals surface area contributed by atoms with Gasteiger partial charge in [0.05, 0.1) is 9.90 Å². The molecule has 0 aliphatic heterocycles. The summed E-state index contributed by atoms with van der Waals surface area (Å²) in [5.41, 5.74) is 4.87. The maximum Gasteiger partial charge on any atom is 0.434 e. The van der Waals surface area contributed by atoms with Crippen LogP contribution in [-0.2, 0) is 12.7 Å². The Morgan fingerprint density at radius 1 is 1.28 bits per heavy atom. The number of rotatable bonds is 2. The summed E-state index contributed by atoms with van der Waals surface area (Å²) in [5.74, 6) is 0. The Morgan fingerprint density at radius 3 is 2.44 bits per heavy atom. The van der Waals surface area contributed by atoms with Crippen LogP contribution in [0.4, 0.5) is 13.2 Å². The number of hydrogen-bond acceptors (Lipinski definition) is 3. The highest BCUT2D eigenvalue weighted by Crippen LogP contribution is 2.39. The van der Waals surface area contributed by atoms with Crippen LogP contribution < -0.4 is 5.73 Å². The number of halogens is 4. The molecule has 0 spiro atoms. The smallest absolute Gasteiger partial charge is 0.326 e. The summed E-state index contributed by atoms with van der Waals surface area (Å²) < 4.78 is 38.2. The standard InChI is InChI=1S/C11H8ClF3N2S/c12-7-4-2-1-3-6(7)10-17-9(11(13,14)15)8(5-16)18-10/h1-4H,5,16H2. The van der Waals surface area contributed by atoms with E-state index in [2.05, 4.69) is 4.98 Å². The zero-order valence-electron chi connectivity index (χ0n) is 8.96. The molecule has 0 atom stereocenters. The van der Waals surface area contributed by atoms with Crippen molar-refractivity contribution in [2.75, 3.05) is 0 Å². The molecule has 1 heterocycles. The minimum Gasteiger partial charge on any atom is -0.326 e. The van der Waals surface area contributed by atoms with Gasteiger partial charge in [-0.3, -0.25) is 0 Å². The lowest BCUT2D eigenvalue weighted by molar-refractivity contribution is -0.141. The lowest BCUT2D eigenvalue weighted by Crippen LogP contribution is -2.10. The molecule has 0 bridgehead atoms. The van der Waals surface area contributed by atoms with Crippen LogP contribution in [0.15, 0.2) is 24.3 Å². The van der Waals surface area contributed by atoms with Gasteiger partial charge < -0.3 is 5.73 Å². The average molecular weight is 293 g/mol. The third kappa shape index (κ3) is 2.50. The van der Waals surface area contributed by atoms with Crippen LogP contribution in [0.3, 0.4) is 0 Å². The van der Waals surface area contributed by atoms with E-state index in [4.69, 9.17) is 17.3 Å². The molecule has 2 N–H and O–H groups in total. The molecule has 1 aromatic heterocycles. The summed E-state index contributed by atoms with van der Waals surface area (Å²) in [6, 6.07) is 6.63. The summed E-state index contributed by atoms with van der Waals surface area (Å²) in [7, 11) is 0. The molecular weight excluding hydrogens is 285 g/mol. The number of nitrogens with two attached hydrogens (primary N) is 1. The van der Waals surface area contributed by atoms with Gasteiger partial charge in [-0.2, -0.15) is 13.2 Å². The molecule has 2 nitrogen and oxygen atoms in total. The topological polar surface area (TPSA) is 38.9 Å². The molecule has 2 rings (SSSR count). The van der Waals surface area contributed by atoms with Crippen LogP contribution in [0, 0.1) is 0 Å². The first-order chi connectivity index (χ1) is 8.43. The molecule has 7 heteroatoms. The molecule has 0 fully saturated rings. The van der Waals surface area contributed by atoms with E-state index in [0.717, 1.165) is 11.3 Å². The van der Waals surface area contributed by atoms with Crippen molar-refractivity contribution >= 4 is 22.9 Å². The summed E-state index contributed by atoms with van der Waals surface area (Å²) in [6.07, 6.45) is -4.50. The molecule has 0 saturated carbocycles. The first-order valence-electron chi connectivity index (χ1n) is 4.95. The van der Waals surface area contributed by atoms with Crippen molar-refractivity contribution in [3.05, 3.63) is 39.9 Å². The second kappa shape index (κ2) is 4.87. The molecule has 2 aromatic rings. The van der Waals surface area contributed by atoms with Gasteiger partial charge in [-0.25, -0.2) is 4.98 Å². The molecule has 0 aliphatic carbocycles. The molecule has 0 aliphatic rings. The minimum absolute atomic E-state index is 0.0115. The van der Waals surface area contributed by atoms with Crippen LogP contribution in [0.1, 0.15) is 10.6 Å². The molecule has 0 radical (unpaired) electrons. The zero-order chi connectivity index (χ0) is 13.3. The summed E-state index contributed by atoms with van der Waals surface area (Å²) in [6.45, 7) is -0.197. The Bertz CT molecular complexity index is 566. The highest BCUT2D eigenvalue weighted by Gasteiger charge is 2.37. The van der Waals surface area contributed by atoms with E-state index in [1.807, 2.05) is 0 Å². The lowest BCUT2D eigenvalue weighted by Gasteiger charge is -2.03. The Labute approximate surface area is 110 Å². The van der Waals surface area contributed by atoms with Crippen molar-refractivity contribution < 1.29 is 13.2 Å². The van der Waals surface area contributed by atoms with E-state index >= 15 is 0 Å². The number of hydrogen-bond donors (Lipinski definition) is 1. The molecule has 0 unspecified atom stereocenters. The molecule has 0 amide bonds. The van der Waals surface area contributed by atoms with Crippen molar-refractivity contribution in [3.8, 4) is 10.6 Å². The molecule has 1 aromatic carbocycles. The Morgan fingerprint density at radius 2 is 1.94 bits per heavy atom. The van der Waals surface area contributed by atoms with Crippen LogP contribution in [0.5, 0.6) is 0 Å². The van der Waals surface area contributed by atoms with Gasteiger partial charge in [0.15, 0.2) is 5.69 Å². The SMILES string of the molecule is NCc1sc(-c2ccccc2Cl)nc1C(F)(F)F. The number of thiazole rings is 1. The fourth-order valence-corrected chi connectivity index (χ4v) is 2.74. The number of aromatic nitrogens is 1. The first kappa shape index (κ1) is 13.3. The van der Waals surface area contributed by atoms with Crippen molar-refractivity contribution in [2.24, 2.45) is 5.73 Å². The molecule has 96 valence electrons. The van der Waals surface area contributed by atoms with Gasteiger partial charge in [0.1, 0.15) is 5.01 Å². The van der Waals surface area contributed by atoms with Gasteiger partial charge in [-0.05, 0) is 6.07 Å². The van der Waals surface area contributed by atoms with E-state index < -0.39 is 11.9 Å². The van der Waals surface area contributed by atoms with Crippen molar-refractivity contribution in [1.82, 2.24) is 4.98 Å². The van der Waals surface area contributed by atoms with Crippen molar-refractivity contribution in [3.63, 3.8) is 0 Å². The van der Waals surface area contributed by atoms with Gasteiger partial charge in [0.25, 0.3) is 0 Å². The van der Waals surface area contributed by atoms with Crippen LogP contribution in [0.25, 0.3) is 10.6 Å².